The Kier molecular flexibility index (Phi) is 2.79. The topological polar surface area (TPSA) is 74.7 Å². The number of nitrogens with one attached hydrogen (secondary N) is 1. The molecule has 0 spiro atoms. The number of hydrogen-bond donors (Lipinski definition) is 1. The average molecular weight is 240 g/mol. The fourth-order valence-corrected chi connectivity index (χ4v) is 1.63. The minimum atomic E-state index is 0.493. The first-order valence-electron chi connectivity index (χ1n) is 5.89. The van der Waals surface area contributed by atoms with E-state index in [0.29, 0.717) is 23.2 Å². The number of oxazole rings is 1. The Labute approximate surface area is 104 Å². The van der Waals surface area contributed by atoms with Gasteiger partial charge in [0.05, 0.1) is 11.3 Å². The molecule has 1 aliphatic carbocycles. The molecule has 2 aromatic rings. The fourth-order valence-electron chi connectivity index (χ4n) is 1.63. The van der Waals surface area contributed by atoms with Crippen LogP contribution in [0.15, 0.2) is 29.0 Å². The summed E-state index contributed by atoms with van der Waals surface area (Å²) < 4.78 is 5.38. The van der Waals surface area contributed by atoms with Crippen LogP contribution in [0.2, 0.25) is 0 Å². The Morgan fingerprint density at radius 2 is 2.33 bits per heavy atom. The van der Waals surface area contributed by atoms with E-state index < -0.39 is 0 Å². The van der Waals surface area contributed by atoms with Gasteiger partial charge in [-0.2, -0.15) is 5.26 Å². The fraction of sp³-hybridized carbons (Fsp3) is 0.308. The number of rotatable bonds is 4. The second-order valence-electron chi connectivity index (χ2n) is 4.34. The molecule has 2 heterocycles. The van der Waals surface area contributed by atoms with Crippen molar-refractivity contribution in [2.45, 2.75) is 25.4 Å². The molecule has 5 heteroatoms. The monoisotopic (exact) mass is 240 g/mol. The van der Waals surface area contributed by atoms with Crippen LogP contribution in [0.4, 0.5) is 0 Å². The Morgan fingerprint density at radius 3 is 3.00 bits per heavy atom. The molecule has 0 atom stereocenters. The van der Waals surface area contributed by atoms with Crippen molar-refractivity contribution in [3.63, 3.8) is 0 Å². The summed E-state index contributed by atoms with van der Waals surface area (Å²) in [5.41, 5.74) is 2.05. The number of hydrogen-bond acceptors (Lipinski definition) is 5. The third kappa shape index (κ3) is 2.39. The molecule has 1 aliphatic rings. The van der Waals surface area contributed by atoms with E-state index in [4.69, 9.17) is 9.68 Å². The van der Waals surface area contributed by atoms with Gasteiger partial charge < -0.3 is 9.73 Å². The standard InChI is InChI=1S/C13H12N4O/c14-5-9-1-4-12(16-6-9)13-17-11(8-18-13)7-15-10-2-3-10/h1,4,6,8,10,15H,2-3,7H2. The van der Waals surface area contributed by atoms with Crippen molar-refractivity contribution < 1.29 is 4.42 Å². The molecule has 0 bridgehead atoms. The Hall–Kier alpha value is -2.19. The predicted molar refractivity (Wildman–Crippen MR) is 64.3 cm³/mol. The van der Waals surface area contributed by atoms with Crippen molar-refractivity contribution in [2.24, 2.45) is 0 Å². The summed E-state index contributed by atoms with van der Waals surface area (Å²) in [4.78, 5) is 8.50. The summed E-state index contributed by atoms with van der Waals surface area (Å²) >= 11 is 0. The average Bonchev–Trinajstić information content (AvgIpc) is 3.14. The molecular formula is C13H12N4O. The van der Waals surface area contributed by atoms with Gasteiger partial charge in [0.15, 0.2) is 0 Å². The number of pyridine rings is 1. The molecule has 0 radical (unpaired) electrons. The molecule has 0 aliphatic heterocycles. The van der Waals surface area contributed by atoms with Crippen LogP contribution in [0.25, 0.3) is 11.6 Å². The van der Waals surface area contributed by atoms with Crippen molar-refractivity contribution >= 4 is 0 Å². The number of aromatic nitrogens is 2. The van der Waals surface area contributed by atoms with E-state index in [0.717, 1.165) is 12.2 Å². The molecule has 1 saturated carbocycles. The SMILES string of the molecule is N#Cc1ccc(-c2nc(CNC3CC3)co2)nc1. The van der Waals surface area contributed by atoms with E-state index in [-0.39, 0.29) is 0 Å². The molecule has 1 N–H and O–H groups in total. The summed E-state index contributed by atoms with van der Waals surface area (Å²) in [6.45, 7) is 0.727. The quantitative estimate of drug-likeness (QED) is 0.882. The maximum atomic E-state index is 8.69. The maximum absolute atomic E-state index is 8.69. The van der Waals surface area contributed by atoms with Crippen LogP contribution in [0.3, 0.4) is 0 Å². The zero-order chi connectivity index (χ0) is 12.4. The van der Waals surface area contributed by atoms with Crippen LogP contribution >= 0.6 is 0 Å². The normalized spacial score (nSPS) is 14.4. The first kappa shape index (κ1) is 10.9. The van der Waals surface area contributed by atoms with Crippen LogP contribution in [-0.2, 0) is 6.54 Å². The third-order valence-electron chi connectivity index (χ3n) is 2.81. The van der Waals surface area contributed by atoms with Gasteiger partial charge >= 0.3 is 0 Å². The van der Waals surface area contributed by atoms with Gasteiger partial charge in [-0.3, -0.25) is 0 Å². The predicted octanol–water partition coefficient (Wildman–Crippen LogP) is 1.86. The van der Waals surface area contributed by atoms with Crippen LogP contribution in [-0.4, -0.2) is 16.0 Å². The summed E-state index contributed by atoms with van der Waals surface area (Å²) in [5.74, 6) is 0.493. The molecule has 18 heavy (non-hydrogen) atoms. The molecule has 3 rings (SSSR count). The third-order valence-corrected chi connectivity index (χ3v) is 2.81. The van der Waals surface area contributed by atoms with Gasteiger partial charge in [-0.25, -0.2) is 9.97 Å². The highest BCUT2D eigenvalue weighted by molar-refractivity contribution is 5.48. The van der Waals surface area contributed by atoms with Gasteiger partial charge in [0.25, 0.3) is 0 Å². The van der Waals surface area contributed by atoms with Crippen molar-refractivity contribution in [1.29, 1.82) is 5.26 Å². The lowest BCUT2D eigenvalue weighted by molar-refractivity contribution is 0.567. The van der Waals surface area contributed by atoms with Crippen molar-refractivity contribution in [3.05, 3.63) is 35.9 Å². The van der Waals surface area contributed by atoms with Crippen molar-refractivity contribution in [3.8, 4) is 17.7 Å². The first-order valence-corrected chi connectivity index (χ1v) is 5.89. The molecule has 1 fully saturated rings. The van der Waals surface area contributed by atoms with Gasteiger partial charge in [-0.1, -0.05) is 0 Å². The number of nitrogens with zero attached hydrogens (tertiary/aromatic N) is 3. The van der Waals surface area contributed by atoms with Gasteiger partial charge in [0.1, 0.15) is 18.0 Å². The second-order valence-corrected chi connectivity index (χ2v) is 4.34. The van der Waals surface area contributed by atoms with Gasteiger partial charge in [0.2, 0.25) is 5.89 Å². The van der Waals surface area contributed by atoms with E-state index in [9.17, 15) is 0 Å². The molecule has 90 valence electrons. The van der Waals surface area contributed by atoms with E-state index in [1.54, 1.807) is 18.4 Å². The van der Waals surface area contributed by atoms with Crippen molar-refractivity contribution in [1.82, 2.24) is 15.3 Å². The van der Waals surface area contributed by atoms with Crippen LogP contribution in [0, 0.1) is 11.3 Å². The Balaban J connectivity index is 1.72. The molecule has 0 unspecified atom stereocenters. The number of nitriles is 1. The molecule has 2 aromatic heterocycles. The highest BCUT2D eigenvalue weighted by Gasteiger charge is 2.20. The minimum absolute atomic E-state index is 0.493. The van der Waals surface area contributed by atoms with E-state index in [1.807, 2.05) is 6.07 Å². The van der Waals surface area contributed by atoms with Gasteiger partial charge in [0, 0.05) is 18.8 Å². The lowest BCUT2D eigenvalue weighted by atomic mass is 10.3. The maximum Gasteiger partial charge on any atom is 0.245 e. The molecule has 5 nitrogen and oxygen atoms in total. The molecule has 0 amide bonds. The van der Waals surface area contributed by atoms with E-state index in [1.165, 1.54) is 19.0 Å². The van der Waals surface area contributed by atoms with Crippen LogP contribution < -0.4 is 5.32 Å². The smallest absolute Gasteiger partial charge is 0.245 e. The zero-order valence-corrected chi connectivity index (χ0v) is 9.76. The summed E-state index contributed by atoms with van der Waals surface area (Å²) in [7, 11) is 0. The van der Waals surface area contributed by atoms with Gasteiger partial charge in [-0.15, -0.1) is 0 Å². The van der Waals surface area contributed by atoms with E-state index in [2.05, 4.69) is 15.3 Å². The Morgan fingerprint density at radius 1 is 1.44 bits per heavy atom. The summed E-state index contributed by atoms with van der Waals surface area (Å²) in [5, 5.41) is 12.1. The first-order chi connectivity index (χ1) is 8.85. The zero-order valence-electron chi connectivity index (χ0n) is 9.76. The van der Waals surface area contributed by atoms with Crippen LogP contribution in [0.1, 0.15) is 24.1 Å². The lowest BCUT2D eigenvalue weighted by Gasteiger charge is -1.96. The highest BCUT2D eigenvalue weighted by Crippen LogP contribution is 2.20. The van der Waals surface area contributed by atoms with Gasteiger partial charge in [-0.05, 0) is 25.0 Å². The molecular weight excluding hydrogens is 228 g/mol. The van der Waals surface area contributed by atoms with E-state index >= 15 is 0 Å². The Bertz CT molecular complexity index is 578. The minimum Gasteiger partial charge on any atom is -0.443 e. The lowest BCUT2D eigenvalue weighted by Crippen LogP contribution is -2.15. The summed E-state index contributed by atoms with van der Waals surface area (Å²) in [6.07, 6.45) is 5.66. The largest absolute Gasteiger partial charge is 0.443 e. The summed E-state index contributed by atoms with van der Waals surface area (Å²) in [6, 6.07) is 6.12. The van der Waals surface area contributed by atoms with Crippen molar-refractivity contribution in [2.75, 3.05) is 0 Å². The molecule has 0 saturated heterocycles. The highest BCUT2D eigenvalue weighted by atomic mass is 16.3. The second kappa shape index (κ2) is 4.59. The molecule has 0 aromatic carbocycles. The van der Waals surface area contributed by atoms with Crippen LogP contribution in [0.5, 0.6) is 0 Å².